The van der Waals surface area contributed by atoms with Crippen LogP contribution >= 0.6 is 0 Å². The molecule has 128 valence electrons. The second kappa shape index (κ2) is 6.03. The van der Waals surface area contributed by atoms with Gasteiger partial charge in [-0.15, -0.1) is 0 Å². The van der Waals surface area contributed by atoms with E-state index >= 15 is 0 Å². The second-order valence-electron chi connectivity index (χ2n) is 5.93. The molecule has 0 spiro atoms. The fraction of sp³-hybridized carbons (Fsp3) is 0.375. The molecule has 2 heterocycles. The minimum Gasteiger partial charge on any atom is -0.390 e. The van der Waals surface area contributed by atoms with Gasteiger partial charge in [-0.1, -0.05) is 18.2 Å². The molecule has 0 aliphatic carbocycles. The number of aromatic nitrogens is 2. The Labute approximate surface area is 135 Å². The zero-order chi connectivity index (χ0) is 17.5. The SMILES string of the molecule is Cc1c(C(F)(F)F)nc(-c2cccc(CN3CC(O)C3)c2)[nH]c1=O. The predicted octanol–water partition coefficient (Wildman–Crippen LogP) is 1.94. The van der Waals surface area contributed by atoms with E-state index in [-0.39, 0.29) is 11.9 Å². The fourth-order valence-electron chi connectivity index (χ4n) is 2.69. The van der Waals surface area contributed by atoms with Crippen LogP contribution in [0.25, 0.3) is 11.4 Å². The number of nitrogens with zero attached hydrogens (tertiary/aromatic N) is 2. The minimum absolute atomic E-state index is 0.108. The Kier molecular flexibility index (Phi) is 4.18. The van der Waals surface area contributed by atoms with Crippen molar-refractivity contribution >= 4 is 0 Å². The van der Waals surface area contributed by atoms with Crippen LogP contribution in [0.5, 0.6) is 0 Å². The van der Waals surface area contributed by atoms with E-state index in [0.29, 0.717) is 25.2 Å². The van der Waals surface area contributed by atoms with E-state index in [9.17, 15) is 23.1 Å². The van der Waals surface area contributed by atoms with Crippen LogP contribution in [0.2, 0.25) is 0 Å². The van der Waals surface area contributed by atoms with Gasteiger partial charge in [0.05, 0.1) is 6.10 Å². The third-order valence-corrected chi connectivity index (χ3v) is 3.96. The summed E-state index contributed by atoms with van der Waals surface area (Å²) in [5.41, 5.74) is -1.13. The van der Waals surface area contributed by atoms with Crippen molar-refractivity contribution in [1.29, 1.82) is 0 Å². The number of rotatable bonds is 3. The normalized spacial score (nSPS) is 16.2. The van der Waals surface area contributed by atoms with Gasteiger partial charge >= 0.3 is 6.18 Å². The summed E-state index contributed by atoms with van der Waals surface area (Å²) >= 11 is 0. The highest BCUT2D eigenvalue weighted by molar-refractivity contribution is 5.56. The summed E-state index contributed by atoms with van der Waals surface area (Å²) in [5, 5.41) is 9.29. The molecular formula is C16H16F3N3O2. The first kappa shape index (κ1) is 16.7. The number of benzene rings is 1. The molecule has 3 rings (SSSR count). The van der Waals surface area contributed by atoms with Gasteiger partial charge in [-0.3, -0.25) is 9.69 Å². The topological polar surface area (TPSA) is 69.2 Å². The molecule has 0 unspecified atom stereocenters. The summed E-state index contributed by atoms with van der Waals surface area (Å²) in [6, 6.07) is 6.83. The number of hydrogen-bond acceptors (Lipinski definition) is 4. The molecular weight excluding hydrogens is 323 g/mol. The molecule has 24 heavy (non-hydrogen) atoms. The molecule has 0 radical (unpaired) electrons. The standard InChI is InChI=1S/C16H16F3N3O2/c1-9-13(16(17,18)19)20-14(21-15(9)24)11-4-2-3-10(5-11)6-22-7-12(23)8-22/h2-5,12,23H,6-8H2,1H3,(H,20,21,24). The molecule has 1 fully saturated rings. The molecule has 5 nitrogen and oxygen atoms in total. The van der Waals surface area contributed by atoms with Crippen LogP contribution in [-0.4, -0.2) is 39.2 Å². The van der Waals surface area contributed by atoms with Crippen LogP contribution in [0.3, 0.4) is 0 Å². The van der Waals surface area contributed by atoms with E-state index in [2.05, 4.69) is 9.97 Å². The average molecular weight is 339 g/mol. The number of β-amino-alcohol motifs (C(OH)–C–C–N with tert-alkyl or cyclic N) is 1. The molecule has 8 heteroatoms. The Balaban J connectivity index is 1.94. The van der Waals surface area contributed by atoms with Crippen LogP contribution in [0.4, 0.5) is 13.2 Å². The number of hydrogen-bond donors (Lipinski definition) is 2. The minimum atomic E-state index is -4.68. The van der Waals surface area contributed by atoms with Gasteiger partial charge in [-0.2, -0.15) is 13.2 Å². The summed E-state index contributed by atoms with van der Waals surface area (Å²) in [6.45, 7) is 2.82. The molecule has 1 aliphatic rings. The van der Waals surface area contributed by atoms with Gasteiger partial charge in [0.15, 0.2) is 5.69 Å². The molecule has 2 N–H and O–H groups in total. The average Bonchev–Trinajstić information content (AvgIpc) is 2.47. The molecule has 1 saturated heterocycles. The van der Waals surface area contributed by atoms with E-state index in [4.69, 9.17) is 0 Å². The maximum Gasteiger partial charge on any atom is 0.433 e. The van der Waals surface area contributed by atoms with Crippen LogP contribution in [0, 0.1) is 6.92 Å². The molecule has 0 amide bonds. The fourth-order valence-corrected chi connectivity index (χ4v) is 2.69. The van der Waals surface area contributed by atoms with Gasteiger partial charge in [0, 0.05) is 30.8 Å². The van der Waals surface area contributed by atoms with Crippen molar-refractivity contribution in [2.24, 2.45) is 0 Å². The van der Waals surface area contributed by atoms with Crippen LogP contribution in [0.1, 0.15) is 16.8 Å². The summed E-state index contributed by atoms with van der Waals surface area (Å²) in [6.07, 6.45) is -5.00. The van der Waals surface area contributed by atoms with E-state index in [1.165, 1.54) is 0 Å². The Morgan fingerprint density at radius 1 is 1.38 bits per heavy atom. The first-order valence-corrected chi connectivity index (χ1v) is 7.42. The summed E-state index contributed by atoms with van der Waals surface area (Å²) in [5.74, 6) is -0.108. The largest absolute Gasteiger partial charge is 0.433 e. The maximum atomic E-state index is 13.0. The zero-order valence-corrected chi connectivity index (χ0v) is 12.9. The van der Waals surface area contributed by atoms with Crippen molar-refractivity contribution in [3.63, 3.8) is 0 Å². The quantitative estimate of drug-likeness (QED) is 0.897. The van der Waals surface area contributed by atoms with Crippen molar-refractivity contribution in [1.82, 2.24) is 14.9 Å². The Hall–Kier alpha value is -2.19. The Bertz CT molecular complexity index is 811. The van der Waals surface area contributed by atoms with E-state index in [0.717, 1.165) is 12.5 Å². The van der Waals surface area contributed by atoms with Gasteiger partial charge < -0.3 is 10.1 Å². The molecule has 1 aromatic carbocycles. The van der Waals surface area contributed by atoms with Gasteiger partial charge in [-0.05, 0) is 18.6 Å². The van der Waals surface area contributed by atoms with E-state index < -0.39 is 23.0 Å². The van der Waals surface area contributed by atoms with Gasteiger partial charge in [0.1, 0.15) is 5.82 Å². The number of H-pyrrole nitrogens is 1. The maximum absolute atomic E-state index is 13.0. The van der Waals surface area contributed by atoms with Crippen molar-refractivity contribution < 1.29 is 18.3 Å². The number of aliphatic hydroxyl groups is 1. The number of aromatic amines is 1. The smallest absolute Gasteiger partial charge is 0.390 e. The van der Waals surface area contributed by atoms with Crippen LogP contribution < -0.4 is 5.56 Å². The lowest BCUT2D eigenvalue weighted by molar-refractivity contribution is -0.141. The highest BCUT2D eigenvalue weighted by Gasteiger charge is 2.36. The lowest BCUT2D eigenvalue weighted by atomic mass is 10.1. The summed E-state index contributed by atoms with van der Waals surface area (Å²) in [7, 11) is 0. The van der Waals surface area contributed by atoms with E-state index in [1.807, 2.05) is 11.0 Å². The molecule has 1 aromatic heterocycles. The number of aliphatic hydroxyl groups excluding tert-OH is 1. The number of nitrogens with one attached hydrogen (secondary N) is 1. The molecule has 1 aliphatic heterocycles. The van der Waals surface area contributed by atoms with Crippen molar-refractivity contribution in [3.8, 4) is 11.4 Å². The Morgan fingerprint density at radius 2 is 2.08 bits per heavy atom. The number of alkyl halides is 3. The lowest BCUT2D eigenvalue weighted by Crippen LogP contribution is -2.49. The van der Waals surface area contributed by atoms with Crippen LogP contribution in [-0.2, 0) is 12.7 Å². The van der Waals surface area contributed by atoms with E-state index in [1.54, 1.807) is 18.2 Å². The third-order valence-electron chi connectivity index (χ3n) is 3.96. The van der Waals surface area contributed by atoms with Gasteiger partial charge in [0.25, 0.3) is 5.56 Å². The van der Waals surface area contributed by atoms with Crippen molar-refractivity contribution in [2.75, 3.05) is 13.1 Å². The highest BCUT2D eigenvalue weighted by atomic mass is 19.4. The third kappa shape index (κ3) is 3.34. The first-order chi connectivity index (χ1) is 11.2. The zero-order valence-electron chi connectivity index (χ0n) is 12.9. The predicted molar refractivity (Wildman–Crippen MR) is 81.3 cm³/mol. The molecule has 2 aromatic rings. The molecule has 0 bridgehead atoms. The van der Waals surface area contributed by atoms with Crippen molar-refractivity contribution in [3.05, 3.63) is 51.4 Å². The van der Waals surface area contributed by atoms with Crippen molar-refractivity contribution in [2.45, 2.75) is 25.7 Å². The first-order valence-electron chi connectivity index (χ1n) is 7.42. The van der Waals surface area contributed by atoms with Gasteiger partial charge in [0.2, 0.25) is 0 Å². The summed E-state index contributed by atoms with van der Waals surface area (Å²) in [4.78, 5) is 19.8. The molecule has 0 saturated carbocycles. The van der Waals surface area contributed by atoms with Gasteiger partial charge in [-0.25, -0.2) is 4.98 Å². The number of halogens is 3. The summed E-state index contributed by atoms with van der Waals surface area (Å²) < 4.78 is 39.1. The number of likely N-dealkylation sites (tertiary alicyclic amines) is 1. The second-order valence-corrected chi connectivity index (χ2v) is 5.93. The Morgan fingerprint density at radius 3 is 2.71 bits per heavy atom. The highest BCUT2D eigenvalue weighted by Crippen LogP contribution is 2.30. The monoisotopic (exact) mass is 339 g/mol. The molecule has 0 atom stereocenters. The lowest BCUT2D eigenvalue weighted by Gasteiger charge is -2.35. The van der Waals surface area contributed by atoms with Crippen LogP contribution in [0.15, 0.2) is 29.1 Å².